The highest BCUT2D eigenvalue weighted by atomic mass is 16.6. The minimum Gasteiger partial charge on any atom is -0.486 e. The Labute approximate surface area is 136 Å². The van der Waals surface area contributed by atoms with Gasteiger partial charge in [-0.25, -0.2) is 0 Å². The second kappa shape index (κ2) is 7.27. The predicted molar refractivity (Wildman–Crippen MR) is 89.0 cm³/mol. The summed E-state index contributed by atoms with van der Waals surface area (Å²) in [7, 11) is 0. The van der Waals surface area contributed by atoms with Crippen LogP contribution < -0.4 is 18.9 Å². The summed E-state index contributed by atoms with van der Waals surface area (Å²) < 4.78 is 23.2. The first kappa shape index (κ1) is 15.5. The summed E-state index contributed by atoms with van der Waals surface area (Å²) in [5.41, 5.74) is 1.22. The van der Waals surface area contributed by atoms with E-state index in [1.807, 2.05) is 36.4 Å². The molecule has 0 unspecified atom stereocenters. The molecule has 0 saturated heterocycles. The van der Waals surface area contributed by atoms with Crippen molar-refractivity contribution in [3.05, 3.63) is 48.0 Å². The zero-order chi connectivity index (χ0) is 16.1. The van der Waals surface area contributed by atoms with Crippen LogP contribution in [0.4, 0.5) is 0 Å². The minimum absolute atomic E-state index is 0.441. The molecule has 4 nitrogen and oxygen atoms in total. The highest BCUT2D eigenvalue weighted by Gasteiger charge is 2.11. The Morgan fingerprint density at radius 1 is 0.652 bits per heavy atom. The van der Waals surface area contributed by atoms with Gasteiger partial charge in [0.05, 0.1) is 0 Å². The van der Waals surface area contributed by atoms with Crippen molar-refractivity contribution < 1.29 is 18.9 Å². The summed E-state index contributed by atoms with van der Waals surface area (Å²) in [6.45, 7) is 6.12. The molecular formula is C19H22O4. The van der Waals surface area contributed by atoms with E-state index in [2.05, 4.69) is 19.9 Å². The lowest BCUT2D eigenvalue weighted by molar-refractivity contribution is 0.171. The van der Waals surface area contributed by atoms with Gasteiger partial charge in [-0.3, -0.25) is 0 Å². The van der Waals surface area contributed by atoms with E-state index in [-0.39, 0.29) is 0 Å². The Morgan fingerprint density at radius 2 is 1.13 bits per heavy atom. The van der Waals surface area contributed by atoms with Gasteiger partial charge in [-0.2, -0.15) is 0 Å². The Kier molecular flexibility index (Phi) is 4.91. The maximum Gasteiger partial charge on any atom is 0.161 e. The molecule has 1 aliphatic rings. The molecule has 0 fully saturated rings. The Balaban J connectivity index is 1.77. The van der Waals surface area contributed by atoms with Crippen molar-refractivity contribution in [3.8, 4) is 23.0 Å². The molecule has 2 aromatic rings. The zero-order valence-electron chi connectivity index (χ0n) is 13.6. The van der Waals surface area contributed by atoms with Gasteiger partial charge in [0, 0.05) is 0 Å². The van der Waals surface area contributed by atoms with Crippen molar-refractivity contribution in [2.75, 3.05) is 26.4 Å². The third-order valence-corrected chi connectivity index (χ3v) is 3.68. The molecule has 0 radical (unpaired) electrons. The van der Waals surface area contributed by atoms with E-state index in [1.165, 1.54) is 5.56 Å². The van der Waals surface area contributed by atoms with E-state index < -0.39 is 0 Å². The molecule has 0 bridgehead atoms. The molecule has 0 atom stereocenters. The number of ether oxygens (including phenoxy) is 4. The second-order valence-corrected chi connectivity index (χ2v) is 5.70. The van der Waals surface area contributed by atoms with Gasteiger partial charge >= 0.3 is 0 Å². The summed E-state index contributed by atoms with van der Waals surface area (Å²) >= 11 is 0. The highest BCUT2D eigenvalue weighted by Crippen LogP contribution is 2.32. The zero-order valence-corrected chi connectivity index (χ0v) is 13.6. The van der Waals surface area contributed by atoms with E-state index in [0.29, 0.717) is 32.3 Å². The number of benzene rings is 2. The van der Waals surface area contributed by atoms with Crippen molar-refractivity contribution in [2.24, 2.45) is 0 Å². The molecular weight excluding hydrogens is 292 g/mol. The standard InChI is InChI=1S/C19H22O4/c1-14(2)15-7-8-18-19(13-15)23-12-11-21-17-6-4-3-5-16(17)20-9-10-22-18/h3-8,13-14H,9-12H2,1-2H3. The fourth-order valence-corrected chi connectivity index (χ4v) is 2.41. The smallest absolute Gasteiger partial charge is 0.161 e. The van der Waals surface area contributed by atoms with Gasteiger partial charge in [0.25, 0.3) is 0 Å². The maximum atomic E-state index is 5.88. The van der Waals surface area contributed by atoms with Gasteiger partial charge in [-0.15, -0.1) is 0 Å². The number of rotatable bonds is 1. The molecule has 0 spiro atoms. The van der Waals surface area contributed by atoms with Gasteiger partial charge in [0.15, 0.2) is 23.0 Å². The van der Waals surface area contributed by atoms with Crippen LogP contribution >= 0.6 is 0 Å². The summed E-state index contributed by atoms with van der Waals surface area (Å²) in [6, 6.07) is 13.7. The molecule has 23 heavy (non-hydrogen) atoms. The minimum atomic E-state index is 0.441. The largest absolute Gasteiger partial charge is 0.486 e. The van der Waals surface area contributed by atoms with E-state index >= 15 is 0 Å². The Bertz CT molecular complexity index is 652. The first-order valence-corrected chi connectivity index (χ1v) is 7.98. The number of fused-ring (bicyclic) bond motifs is 2. The molecule has 0 aliphatic carbocycles. The van der Waals surface area contributed by atoms with Crippen molar-refractivity contribution in [1.29, 1.82) is 0 Å². The van der Waals surface area contributed by atoms with Crippen LogP contribution in [0.1, 0.15) is 25.3 Å². The van der Waals surface area contributed by atoms with E-state index in [0.717, 1.165) is 23.0 Å². The quantitative estimate of drug-likeness (QED) is 0.796. The molecule has 1 aliphatic heterocycles. The average Bonchev–Trinajstić information content (AvgIpc) is 2.55. The molecule has 1 heterocycles. The van der Waals surface area contributed by atoms with Crippen LogP contribution in [0.15, 0.2) is 42.5 Å². The van der Waals surface area contributed by atoms with Crippen LogP contribution in [0.25, 0.3) is 0 Å². The van der Waals surface area contributed by atoms with Crippen LogP contribution in [0.3, 0.4) is 0 Å². The van der Waals surface area contributed by atoms with Crippen LogP contribution in [-0.4, -0.2) is 26.4 Å². The maximum absolute atomic E-state index is 5.88. The van der Waals surface area contributed by atoms with Crippen molar-refractivity contribution in [1.82, 2.24) is 0 Å². The topological polar surface area (TPSA) is 36.9 Å². The average molecular weight is 314 g/mol. The van der Waals surface area contributed by atoms with E-state index in [4.69, 9.17) is 18.9 Å². The first-order chi connectivity index (χ1) is 11.2. The van der Waals surface area contributed by atoms with Gasteiger partial charge in [0.2, 0.25) is 0 Å². The third-order valence-electron chi connectivity index (χ3n) is 3.68. The predicted octanol–water partition coefficient (Wildman–Crippen LogP) is 4.04. The van der Waals surface area contributed by atoms with Crippen LogP contribution in [0.2, 0.25) is 0 Å². The van der Waals surface area contributed by atoms with Gasteiger partial charge in [-0.1, -0.05) is 32.0 Å². The normalized spacial score (nSPS) is 14.7. The number of hydrogen-bond donors (Lipinski definition) is 0. The Morgan fingerprint density at radius 3 is 1.65 bits per heavy atom. The molecule has 0 N–H and O–H groups in total. The number of para-hydroxylation sites is 2. The molecule has 122 valence electrons. The molecule has 0 aromatic heterocycles. The van der Waals surface area contributed by atoms with Crippen molar-refractivity contribution in [2.45, 2.75) is 19.8 Å². The lowest BCUT2D eigenvalue weighted by Crippen LogP contribution is -2.15. The molecule has 4 heteroatoms. The summed E-state index contributed by atoms with van der Waals surface area (Å²) in [4.78, 5) is 0. The van der Waals surface area contributed by atoms with Gasteiger partial charge in [0.1, 0.15) is 26.4 Å². The molecule has 0 saturated carbocycles. The second-order valence-electron chi connectivity index (χ2n) is 5.70. The van der Waals surface area contributed by atoms with Crippen molar-refractivity contribution in [3.63, 3.8) is 0 Å². The Hall–Kier alpha value is -2.36. The molecule has 3 rings (SSSR count). The number of hydrogen-bond acceptors (Lipinski definition) is 4. The SMILES string of the molecule is CC(C)c1ccc2c(c1)OCCOc1ccccc1OCCO2. The summed E-state index contributed by atoms with van der Waals surface area (Å²) in [5, 5.41) is 0. The highest BCUT2D eigenvalue weighted by molar-refractivity contribution is 5.44. The van der Waals surface area contributed by atoms with Gasteiger partial charge < -0.3 is 18.9 Å². The van der Waals surface area contributed by atoms with Crippen LogP contribution in [0, 0.1) is 0 Å². The summed E-state index contributed by atoms with van der Waals surface area (Å²) in [6.07, 6.45) is 0. The fourth-order valence-electron chi connectivity index (χ4n) is 2.41. The van der Waals surface area contributed by atoms with Crippen molar-refractivity contribution >= 4 is 0 Å². The first-order valence-electron chi connectivity index (χ1n) is 7.98. The fraction of sp³-hybridized carbons (Fsp3) is 0.368. The molecule has 2 aromatic carbocycles. The van der Waals surface area contributed by atoms with E-state index in [9.17, 15) is 0 Å². The van der Waals surface area contributed by atoms with Crippen LogP contribution in [-0.2, 0) is 0 Å². The lowest BCUT2D eigenvalue weighted by atomic mass is 10.0. The monoisotopic (exact) mass is 314 g/mol. The summed E-state index contributed by atoms with van der Waals surface area (Å²) in [5.74, 6) is 3.40. The van der Waals surface area contributed by atoms with Crippen LogP contribution in [0.5, 0.6) is 23.0 Å². The molecule has 0 amide bonds. The van der Waals surface area contributed by atoms with E-state index in [1.54, 1.807) is 0 Å². The van der Waals surface area contributed by atoms with Gasteiger partial charge in [-0.05, 0) is 35.7 Å². The third kappa shape index (κ3) is 3.89. The lowest BCUT2D eigenvalue weighted by Gasteiger charge is -2.18.